The second kappa shape index (κ2) is 12.6. The van der Waals surface area contributed by atoms with Crippen molar-refractivity contribution >= 4 is 0 Å². The van der Waals surface area contributed by atoms with E-state index in [-0.39, 0.29) is 26.8 Å². The van der Waals surface area contributed by atoms with Crippen LogP contribution in [0, 0.1) is 13.0 Å². The Bertz CT molecular complexity index is 1840. The predicted octanol–water partition coefficient (Wildman–Crippen LogP) is 9.12. The van der Waals surface area contributed by atoms with E-state index in [2.05, 4.69) is 93.1 Å². The zero-order valence-electron chi connectivity index (χ0n) is 25.0. The number of nitrogens with zero attached hydrogens (tertiary/aromatic N) is 4. The van der Waals surface area contributed by atoms with Crippen molar-refractivity contribution in [2.75, 3.05) is 0 Å². The summed E-state index contributed by atoms with van der Waals surface area (Å²) in [5.41, 5.74) is 10.3. The molecule has 6 rings (SSSR count). The van der Waals surface area contributed by atoms with Gasteiger partial charge < -0.3 is 9.67 Å². The van der Waals surface area contributed by atoms with E-state index in [1.54, 1.807) is 10.7 Å². The van der Waals surface area contributed by atoms with Gasteiger partial charge in [0.05, 0.1) is 5.82 Å². The Hall–Kier alpha value is -4.21. The predicted molar refractivity (Wildman–Crippen MR) is 170 cm³/mol. The summed E-state index contributed by atoms with van der Waals surface area (Å²) in [6.07, 6.45) is 3.93. The Kier molecular flexibility index (Phi) is 8.84. The molecule has 0 aliphatic heterocycles. The van der Waals surface area contributed by atoms with Crippen LogP contribution in [-0.2, 0) is 21.1 Å². The molecule has 0 atom stereocenters. The standard InChI is InChI=1S/C37H35N4O.Pt/c1-24(2)31-22-30(27-12-7-6-8-13-27)23-32(25(3)4)36(31)40-19-18-38-37(40)29-15-11-14-28(21-29)33-20-26(5)41(39-33)34-16-9-10-17-35(34)42;/h6-20,22-25,42H,1-5H3;/q-1;. The molecule has 220 valence electrons. The largest absolute Gasteiger partial charge is 0.506 e. The van der Waals surface area contributed by atoms with Crippen molar-refractivity contribution in [2.24, 2.45) is 0 Å². The van der Waals surface area contributed by atoms with Gasteiger partial charge >= 0.3 is 0 Å². The minimum atomic E-state index is 0. The van der Waals surface area contributed by atoms with E-state index in [1.165, 1.54) is 27.9 Å². The maximum absolute atomic E-state index is 10.4. The van der Waals surface area contributed by atoms with Crippen molar-refractivity contribution in [3.63, 3.8) is 0 Å². The van der Waals surface area contributed by atoms with Crippen molar-refractivity contribution in [3.8, 4) is 50.9 Å². The second-order valence-electron chi connectivity index (χ2n) is 11.3. The molecule has 1 N–H and O–H groups in total. The monoisotopic (exact) mass is 746 g/mol. The van der Waals surface area contributed by atoms with Gasteiger partial charge in [-0.25, -0.2) is 9.78 Å². The third-order valence-electron chi connectivity index (χ3n) is 7.71. The van der Waals surface area contributed by atoms with E-state index in [1.807, 2.05) is 49.5 Å². The van der Waals surface area contributed by atoms with Gasteiger partial charge in [-0.1, -0.05) is 81.3 Å². The SMILES string of the molecule is Cc1cc(-c2[c-]c(-c3nccn3-c3c(C(C)C)cc(-c4ccccc4)cc3C(C)C)ccc2)nn1-c1ccccc1O.[Pt]. The van der Waals surface area contributed by atoms with E-state index < -0.39 is 0 Å². The van der Waals surface area contributed by atoms with Crippen molar-refractivity contribution in [3.05, 3.63) is 126 Å². The van der Waals surface area contributed by atoms with Crippen molar-refractivity contribution in [1.29, 1.82) is 0 Å². The summed E-state index contributed by atoms with van der Waals surface area (Å²) >= 11 is 0. The number of rotatable bonds is 7. The van der Waals surface area contributed by atoms with Gasteiger partial charge in [-0.3, -0.25) is 4.98 Å². The number of hydrogen-bond donors (Lipinski definition) is 1. The van der Waals surface area contributed by atoms with Crippen LogP contribution in [0.25, 0.3) is 45.1 Å². The van der Waals surface area contributed by atoms with E-state index >= 15 is 0 Å². The van der Waals surface area contributed by atoms with Crippen LogP contribution < -0.4 is 0 Å². The molecule has 0 amide bonds. The zero-order chi connectivity index (χ0) is 29.4. The van der Waals surface area contributed by atoms with E-state index in [4.69, 9.17) is 10.1 Å². The maximum atomic E-state index is 10.4. The van der Waals surface area contributed by atoms with Crippen LogP contribution in [0.1, 0.15) is 56.4 Å². The molecule has 0 aliphatic carbocycles. The van der Waals surface area contributed by atoms with Gasteiger partial charge in [0.2, 0.25) is 0 Å². The Morgan fingerprint density at radius 3 is 2.07 bits per heavy atom. The van der Waals surface area contributed by atoms with Crippen LogP contribution in [0.3, 0.4) is 0 Å². The average molecular weight is 747 g/mol. The molecule has 0 fully saturated rings. The van der Waals surface area contributed by atoms with Crippen LogP contribution in [0.5, 0.6) is 5.75 Å². The number of aromatic nitrogens is 4. The summed E-state index contributed by atoms with van der Waals surface area (Å²) in [6.45, 7) is 11.0. The van der Waals surface area contributed by atoms with Gasteiger partial charge in [0.15, 0.2) is 0 Å². The first-order chi connectivity index (χ1) is 20.3. The molecule has 0 spiro atoms. The molecule has 5 nitrogen and oxygen atoms in total. The molecule has 0 saturated carbocycles. The third-order valence-corrected chi connectivity index (χ3v) is 7.71. The fourth-order valence-corrected chi connectivity index (χ4v) is 5.56. The first-order valence-corrected chi connectivity index (χ1v) is 14.5. The molecule has 0 radical (unpaired) electrons. The smallest absolute Gasteiger partial charge is 0.141 e. The van der Waals surface area contributed by atoms with Gasteiger partial charge in [0.1, 0.15) is 11.4 Å². The van der Waals surface area contributed by atoms with Crippen LogP contribution in [0.4, 0.5) is 0 Å². The molecular weight excluding hydrogens is 712 g/mol. The Morgan fingerprint density at radius 2 is 1.40 bits per heavy atom. The quantitative estimate of drug-likeness (QED) is 0.166. The molecule has 43 heavy (non-hydrogen) atoms. The Morgan fingerprint density at radius 1 is 0.744 bits per heavy atom. The molecule has 6 heteroatoms. The van der Waals surface area contributed by atoms with E-state index in [9.17, 15) is 5.11 Å². The number of hydrogen-bond acceptors (Lipinski definition) is 3. The summed E-state index contributed by atoms with van der Waals surface area (Å²) in [5.74, 6) is 1.65. The number of phenols is 1. The number of aromatic hydroxyl groups is 1. The van der Waals surface area contributed by atoms with Crippen LogP contribution in [0.2, 0.25) is 0 Å². The number of phenolic OH excluding ortho intramolecular Hbond substituents is 1. The van der Waals surface area contributed by atoms with E-state index in [0.717, 1.165) is 28.3 Å². The number of benzene rings is 4. The van der Waals surface area contributed by atoms with Crippen molar-refractivity contribution < 1.29 is 26.2 Å². The minimum Gasteiger partial charge on any atom is -0.506 e. The van der Waals surface area contributed by atoms with Crippen molar-refractivity contribution in [2.45, 2.75) is 46.5 Å². The minimum absolute atomic E-state index is 0. The Labute approximate surface area is 268 Å². The molecule has 0 saturated heterocycles. The molecule has 4 aromatic carbocycles. The fourth-order valence-electron chi connectivity index (χ4n) is 5.56. The van der Waals surface area contributed by atoms with Gasteiger partial charge in [-0.15, -0.1) is 24.3 Å². The molecule has 2 heterocycles. The fraction of sp³-hybridized carbons (Fsp3) is 0.189. The summed E-state index contributed by atoms with van der Waals surface area (Å²) < 4.78 is 3.99. The third kappa shape index (κ3) is 5.87. The first kappa shape index (κ1) is 30.3. The van der Waals surface area contributed by atoms with Gasteiger partial charge in [-0.05, 0) is 71.3 Å². The summed E-state index contributed by atoms with van der Waals surface area (Å²) in [7, 11) is 0. The number of aryl methyl sites for hydroxylation is 1. The summed E-state index contributed by atoms with van der Waals surface area (Å²) in [4.78, 5) is 4.83. The van der Waals surface area contributed by atoms with Crippen molar-refractivity contribution in [1.82, 2.24) is 19.3 Å². The Balaban J connectivity index is 0.00000368. The first-order valence-electron chi connectivity index (χ1n) is 14.5. The van der Waals surface area contributed by atoms with Gasteiger partial charge in [0, 0.05) is 50.5 Å². The van der Waals surface area contributed by atoms with Crippen LogP contribution in [-0.4, -0.2) is 24.4 Å². The molecule has 6 aromatic rings. The molecular formula is C37H35N4OPt-. The average Bonchev–Trinajstić information content (AvgIpc) is 3.64. The molecule has 0 unspecified atom stereocenters. The van der Waals surface area contributed by atoms with Gasteiger partial charge in [-0.2, -0.15) is 0 Å². The van der Waals surface area contributed by atoms with Crippen LogP contribution in [0.15, 0.2) is 103 Å². The topological polar surface area (TPSA) is 55.9 Å². The van der Waals surface area contributed by atoms with E-state index in [0.29, 0.717) is 17.5 Å². The number of para-hydroxylation sites is 2. The normalized spacial score (nSPS) is 11.2. The summed E-state index contributed by atoms with van der Waals surface area (Å²) in [6, 6.07) is 34.2. The number of imidazole rings is 1. The molecule has 0 aliphatic rings. The molecule has 2 aromatic heterocycles. The molecule has 0 bridgehead atoms. The zero-order valence-corrected chi connectivity index (χ0v) is 27.3. The maximum Gasteiger partial charge on any atom is 0.141 e. The van der Waals surface area contributed by atoms with Crippen LogP contribution >= 0.6 is 0 Å². The second-order valence-corrected chi connectivity index (χ2v) is 11.3. The van der Waals surface area contributed by atoms with Gasteiger partial charge in [0.25, 0.3) is 0 Å². The summed E-state index contributed by atoms with van der Waals surface area (Å²) in [5, 5.41) is 15.2.